The Morgan fingerprint density at radius 2 is 1.88 bits per heavy atom. The maximum Gasteiger partial charge on any atom is 0.339 e. The number of esters is 1. The fourth-order valence-corrected chi connectivity index (χ4v) is 2.42. The van der Waals surface area contributed by atoms with Crippen LogP contribution in [0.5, 0.6) is 0 Å². The first kappa shape index (κ1) is 18.5. The Bertz CT molecular complexity index is 768. The lowest BCUT2D eigenvalue weighted by Crippen LogP contribution is -2.36. The van der Waals surface area contributed by atoms with E-state index in [1.54, 1.807) is 31.2 Å². The van der Waals surface area contributed by atoms with Crippen LogP contribution in [-0.4, -0.2) is 29.5 Å². The molecule has 126 valence electrons. The molecule has 2 rings (SSSR count). The van der Waals surface area contributed by atoms with E-state index >= 15 is 0 Å². The van der Waals surface area contributed by atoms with E-state index in [0.29, 0.717) is 0 Å². The standard InChI is InChI=1S/C16H13Cl3N2O3/c1-9(21-15(22)11-5-3-7-20-14(11)19)8-24-16(23)10-4-2-6-12(17)13(10)18/h2-7,9H,8H2,1H3,(H,21,22)/t9-/m0/s1. The fraction of sp³-hybridized carbons (Fsp3) is 0.188. The number of nitrogens with zero attached hydrogens (tertiary/aromatic N) is 1. The molecule has 1 aromatic carbocycles. The van der Waals surface area contributed by atoms with Gasteiger partial charge in [0.15, 0.2) is 0 Å². The quantitative estimate of drug-likeness (QED) is 0.621. The molecule has 0 fully saturated rings. The first-order chi connectivity index (χ1) is 11.4. The first-order valence-electron chi connectivity index (χ1n) is 6.92. The lowest BCUT2D eigenvalue weighted by molar-refractivity contribution is 0.0465. The van der Waals surface area contributed by atoms with Crippen LogP contribution in [0.2, 0.25) is 15.2 Å². The molecule has 0 unspecified atom stereocenters. The van der Waals surface area contributed by atoms with Gasteiger partial charge in [-0.3, -0.25) is 4.79 Å². The van der Waals surface area contributed by atoms with Crippen LogP contribution in [0, 0.1) is 0 Å². The Kier molecular flexibility index (Phi) is 6.43. The molecule has 0 aliphatic carbocycles. The van der Waals surface area contributed by atoms with Gasteiger partial charge in [-0.1, -0.05) is 40.9 Å². The Balaban J connectivity index is 1.92. The van der Waals surface area contributed by atoms with Crippen molar-refractivity contribution in [3.05, 3.63) is 62.9 Å². The van der Waals surface area contributed by atoms with E-state index in [0.717, 1.165) is 0 Å². The number of carbonyl (C=O) groups is 2. The summed E-state index contributed by atoms with van der Waals surface area (Å²) in [5, 5.41) is 3.16. The van der Waals surface area contributed by atoms with Crippen molar-refractivity contribution in [1.29, 1.82) is 0 Å². The van der Waals surface area contributed by atoms with Gasteiger partial charge in [0.2, 0.25) is 0 Å². The maximum absolute atomic E-state index is 12.1. The van der Waals surface area contributed by atoms with Crippen LogP contribution >= 0.6 is 34.8 Å². The number of pyridine rings is 1. The number of ether oxygens (including phenoxy) is 1. The first-order valence-corrected chi connectivity index (χ1v) is 8.06. The second-order valence-corrected chi connectivity index (χ2v) is 6.06. The fourth-order valence-electron chi connectivity index (χ4n) is 1.84. The monoisotopic (exact) mass is 386 g/mol. The Morgan fingerprint density at radius 1 is 1.17 bits per heavy atom. The molecule has 1 atom stereocenters. The zero-order valence-electron chi connectivity index (χ0n) is 12.6. The lowest BCUT2D eigenvalue weighted by Gasteiger charge is -2.15. The topological polar surface area (TPSA) is 68.3 Å². The number of aromatic nitrogens is 1. The van der Waals surface area contributed by atoms with E-state index in [4.69, 9.17) is 39.5 Å². The maximum atomic E-state index is 12.1. The van der Waals surface area contributed by atoms with Crippen LogP contribution < -0.4 is 5.32 Å². The third-order valence-electron chi connectivity index (χ3n) is 3.02. The van der Waals surface area contributed by atoms with Gasteiger partial charge < -0.3 is 10.1 Å². The van der Waals surface area contributed by atoms with Gasteiger partial charge in [0.1, 0.15) is 11.8 Å². The number of amides is 1. The van der Waals surface area contributed by atoms with Crippen molar-refractivity contribution in [2.75, 3.05) is 6.61 Å². The van der Waals surface area contributed by atoms with Crippen LogP contribution in [0.25, 0.3) is 0 Å². The molecule has 1 amide bonds. The van der Waals surface area contributed by atoms with Gasteiger partial charge in [-0.05, 0) is 31.2 Å². The summed E-state index contributed by atoms with van der Waals surface area (Å²) in [5.41, 5.74) is 0.410. The Labute approximate surface area is 153 Å². The Hall–Kier alpha value is -1.82. The average Bonchev–Trinajstić information content (AvgIpc) is 2.55. The summed E-state index contributed by atoms with van der Waals surface area (Å²) in [7, 11) is 0. The molecule has 0 saturated heterocycles. The average molecular weight is 388 g/mol. The summed E-state index contributed by atoms with van der Waals surface area (Å²) in [5.74, 6) is -1.03. The van der Waals surface area contributed by atoms with Crippen LogP contribution in [0.3, 0.4) is 0 Å². The number of benzene rings is 1. The second kappa shape index (κ2) is 8.33. The highest BCUT2D eigenvalue weighted by Gasteiger charge is 2.17. The summed E-state index contributed by atoms with van der Waals surface area (Å²) in [6.07, 6.45) is 1.49. The van der Waals surface area contributed by atoms with Gasteiger partial charge in [0, 0.05) is 6.20 Å². The van der Waals surface area contributed by atoms with E-state index < -0.39 is 17.9 Å². The highest BCUT2D eigenvalue weighted by Crippen LogP contribution is 2.26. The lowest BCUT2D eigenvalue weighted by atomic mass is 10.2. The molecule has 5 nitrogen and oxygen atoms in total. The van der Waals surface area contributed by atoms with Crippen LogP contribution in [0.1, 0.15) is 27.6 Å². The van der Waals surface area contributed by atoms with Crippen LogP contribution in [0.4, 0.5) is 0 Å². The predicted molar refractivity (Wildman–Crippen MR) is 92.9 cm³/mol. The zero-order chi connectivity index (χ0) is 17.7. The summed E-state index contributed by atoms with van der Waals surface area (Å²) in [4.78, 5) is 27.9. The minimum atomic E-state index is -0.622. The Morgan fingerprint density at radius 3 is 2.58 bits per heavy atom. The molecule has 1 heterocycles. The summed E-state index contributed by atoms with van der Waals surface area (Å²) < 4.78 is 5.15. The van der Waals surface area contributed by atoms with Gasteiger partial charge in [0.05, 0.1) is 27.2 Å². The van der Waals surface area contributed by atoms with Crippen molar-refractivity contribution in [3.63, 3.8) is 0 Å². The number of hydrogen-bond donors (Lipinski definition) is 1. The molecular weight excluding hydrogens is 375 g/mol. The molecule has 0 aliphatic rings. The number of rotatable bonds is 5. The molecule has 8 heteroatoms. The predicted octanol–water partition coefficient (Wildman–Crippen LogP) is 4.02. The molecular formula is C16H13Cl3N2O3. The molecule has 1 aromatic heterocycles. The summed E-state index contributed by atoms with van der Waals surface area (Å²) >= 11 is 17.7. The third kappa shape index (κ3) is 4.60. The van der Waals surface area contributed by atoms with E-state index in [-0.39, 0.29) is 32.9 Å². The number of hydrogen-bond acceptors (Lipinski definition) is 4. The molecule has 24 heavy (non-hydrogen) atoms. The number of carbonyl (C=O) groups excluding carboxylic acids is 2. The van der Waals surface area contributed by atoms with Crippen molar-refractivity contribution in [2.24, 2.45) is 0 Å². The van der Waals surface area contributed by atoms with Gasteiger partial charge in [-0.15, -0.1) is 0 Å². The third-order valence-corrected chi connectivity index (χ3v) is 4.14. The van der Waals surface area contributed by atoms with Crippen molar-refractivity contribution in [1.82, 2.24) is 10.3 Å². The van der Waals surface area contributed by atoms with E-state index in [1.165, 1.54) is 12.3 Å². The highest BCUT2D eigenvalue weighted by atomic mass is 35.5. The van der Waals surface area contributed by atoms with Crippen molar-refractivity contribution < 1.29 is 14.3 Å². The van der Waals surface area contributed by atoms with Gasteiger partial charge in [0.25, 0.3) is 5.91 Å². The molecule has 0 spiro atoms. The van der Waals surface area contributed by atoms with Crippen molar-refractivity contribution in [3.8, 4) is 0 Å². The molecule has 0 radical (unpaired) electrons. The SMILES string of the molecule is C[C@@H](COC(=O)c1cccc(Cl)c1Cl)NC(=O)c1cccnc1Cl. The smallest absolute Gasteiger partial charge is 0.339 e. The zero-order valence-corrected chi connectivity index (χ0v) is 14.8. The van der Waals surface area contributed by atoms with Crippen LogP contribution in [0.15, 0.2) is 36.5 Å². The number of nitrogens with one attached hydrogen (secondary N) is 1. The highest BCUT2D eigenvalue weighted by molar-refractivity contribution is 6.43. The van der Waals surface area contributed by atoms with Gasteiger partial charge in [-0.25, -0.2) is 9.78 Å². The molecule has 0 aliphatic heterocycles. The summed E-state index contributed by atoms with van der Waals surface area (Å²) in [6.45, 7) is 1.65. The number of halogens is 3. The summed E-state index contributed by atoms with van der Waals surface area (Å²) in [6, 6.07) is 7.40. The molecule has 0 bridgehead atoms. The second-order valence-electron chi connectivity index (χ2n) is 4.92. The van der Waals surface area contributed by atoms with E-state index in [2.05, 4.69) is 10.3 Å². The normalized spacial score (nSPS) is 11.7. The van der Waals surface area contributed by atoms with Gasteiger partial charge in [-0.2, -0.15) is 0 Å². The molecule has 0 saturated carbocycles. The van der Waals surface area contributed by atoms with Crippen LogP contribution in [-0.2, 0) is 4.74 Å². The van der Waals surface area contributed by atoms with Crippen molar-refractivity contribution in [2.45, 2.75) is 13.0 Å². The molecule has 1 N–H and O–H groups in total. The van der Waals surface area contributed by atoms with Gasteiger partial charge >= 0.3 is 5.97 Å². The largest absolute Gasteiger partial charge is 0.460 e. The van der Waals surface area contributed by atoms with E-state index in [9.17, 15) is 9.59 Å². The minimum Gasteiger partial charge on any atom is -0.460 e. The molecule has 2 aromatic rings. The minimum absolute atomic E-state index is 0.0364. The van der Waals surface area contributed by atoms with Crippen molar-refractivity contribution >= 4 is 46.7 Å². The van der Waals surface area contributed by atoms with E-state index in [1.807, 2.05) is 0 Å².